The summed E-state index contributed by atoms with van der Waals surface area (Å²) in [5, 5.41) is 9.28. The van der Waals surface area contributed by atoms with Crippen LogP contribution in [-0.4, -0.2) is 9.55 Å². The smallest absolute Gasteiger partial charge is 0.0991 e. The Morgan fingerprint density at radius 1 is 1.33 bits per heavy atom. The molecule has 0 amide bonds. The van der Waals surface area contributed by atoms with Crippen LogP contribution in [0.5, 0.6) is 0 Å². The van der Waals surface area contributed by atoms with E-state index in [9.17, 15) is 5.26 Å². The molecule has 0 saturated carbocycles. The van der Waals surface area contributed by atoms with E-state index in [-0.39, 0.29) is 0 Å². The number of hydrogen-bond donors (Lipinski definition) is 0. The van der Waals surface area contributed by atoms with Gasteiger partial charge in [0.05, 0.1) is 18.0 Å². The topological polar surface area (TPSA) is 41.6 Å². The first-order valence-corrected chi connectivity index (χ1v) is 9.52. The van der Waals surface area contributed by atoms with Crippen LogP contribution in [0.2, 0.25) is 0 Å². The highest BCUT2D eigenvalue weighted by Gasteiger charge is 2.13. The highest BCUT2D eigenvalue weighted by Crippen LogP contribution is 2.33. The zero-order chi connectivity index (χ0) is 19.1. The van der Waals surface area contributed by atoms with Crippen molar-refractivity contribution in [3.05, 3.63) is 83.5 Å². The zero-order valence-corrected chi connectivity index (χ0v) is 16.0. The third kappa shape index (κ3) is 4.35. The molecule has 136 valence electrons. The summed E-state index contributed by atoms with van der Waals surface area (Å²) in [6.45, 7) is 4.22. The Kier molecular flexibility index (Phi) is 6.22. The molecule has 27 heavy (non-hydrogen) atoms. The van der Waals surface area contributed by atoms with Gasteiger partial charge in [-0.05, 0) is 79.2 Å². The van der Waals surface area contributed by atoms with Crippen LogP contribution in [0.25, 0.3) is 17.3 Å². The first-order chi connectivity index (χ1) is 13.3. The highest BCUT2D eigenvalue weighted by atomic mass is 15.0. The predicted molar refractivity (Wildman–Crippen MR) is 113 cm³/mol. The fourth-order valence-electron chi connectivity index (χ4n) is 3.50. The van der Waals surface area contributed by atoms with Gasteiger partial charge in [0.2, 0.25) is 0 Å². The molecule has 0 N–H and O–H groups in total. The average molecular weight is 355 g/mol. The van der Waals surface area contributed by atoms with E-state index in [4.69, 9.17) is 0 Å². The molecule has 1 aromatic heterocycles. The first-order valence-electron chi connectivity index (χ1n) is 9.52. The molecule has 1 heterocycles. The highest BCUT2D eigenvalue weighted by molar-refractivity contribution is 5.80. The molecule has 0 bridgehead atoms. The second-order valence-corrected chi connectivity index (χ2v) is 6.60. The van der Waals surface area contributed by atoms with Gasteiger partial charge in [0, 0.05) is 18.1 Å². The van der Waals surface area contributed by atoms with Crippen LogP contribution >= 0.6 is 0 Å². The van der Waals surface area contributed by atoms with E-state index < -0.39 is 0 Å². The summed E-state index contributed by atoms with van der Waals surface area (Å²) < 4.78 is 2.06. The van der Waals surface area contributed by atoms with Crippen molar-refractivity contribution in [3.63, 3.8) is 0 Å². The molecule has 0 radical (unpaired) electrons. The van der Waals surface area contributed by atoms with Crippen LogP contribution in [0.15, 0.2) is 66.8 Å². The van der Waals surface area contributed by atoms with Crippen molar-refractivity contribution in [1.29, 1.82) is 5.26 Å². The predicted octanol–water partition coefficient (Wildman–Crippen LogP) is 6.23. The summed E-state index contributed by atoms with van der Waals surface area (Å²) in [5.41, 5.74) is 6.88. The number of imidazole rings is 1. The molecule has 0 unspecified atom stereocenters. The van der Waals surface area contributed by atoms with Crippen LogP contribution in [0.1, 0.15) is 56.2 Å². The van der Waals surface area contributed by atoms with Crippen LogP contribution in [0.3, 0.4) is 0 Å². The third-order valence-electron chi connectivity index (χ3n) is 4.83. The molecule has 0 aliphatic heterocycles. The lowest BCUT2D eigenvalue weighted by atomic mass is 9.89. The van der Waals surface area contributed by atoms with Gasteiger partial charge in [0.1, 0.15) is 0 Å². The summed E-state index contributed by atoms with van der Waals surface area (Å²) in [6.07, 6.45) is 20.6. The van der Waals surface area contributed by atoms with E-state index in [1.807, 2.05) is 43.9 Å². The molecule has 3 rings (SSSR count). The summed E-state index contributed by atoms with van der Waals surface area (Å²) in [5.74, 6) is 0. The second-order valence-electron chi connectivity index (χ2n) is 6.60. The SMILES string of the molecule is C/C=C/c1cc(C#N)ccc1/C1=C(CC)/C=C(n2ccnc2)\C=C\CCC1. The lowest BCUT2D eigenvalue weighted by molar-refractivity contribution is 0.874. The first kappa shape index (κ1) is 18.7. The maximum atomic E-state index is 9.28. The van der Waals surface area contributed by atoms with Gasteiger partial charge in [-0.25, -0.2) is 4.98 Å². The Labute approximate surface area is 161 Å². The van der Waals surface area contributed by atoms with Crippen molar-refractivity contribution in [2.45, 2.75) is 39.5 Å². The van der Waals surface area contributed by atoms with E-state index in [0.29, 0.717) is 5.56 Å². The normalized spacial score (nSPS) is 21.0. The minimum atomic E-state index is 0.699. The molecular formula is C24H25N3. The van der Waals surface area contributed by atoms with Crippen molar-refractivity contribution < 1.29 is 0 Å². The molecule has 0 spiro atoms. The number of aromatic nitrogens is 2. The molecule has 1 aromatic carbocycles. The van der Waals surface area contributed by atoms with Gasteiger partial charge in [-0.15, -0.1) is 0 Å². The Morgan fingerprint density at radius 2 is 2.22 bits per heavy atom. The van der Waals surface area contributed by atoms with Crippen LogP contribution in [-0.2, 0) is 0 Å². The van der Waals surface area contributed by atoms with Crippen molar-refractivity contribution in [2.24, 2.45) is 0 Å². The van der Waals surface area contributed by atoms with Crippen molar-refractivity contribution >= 4 is 17.3 Å². The van der Waals surface area contributed by atoms with Gasteiger partial charge in [0.25, 0.3) is 0 Å². The fourth-order valence-corrected chi connectivity index (χ4v) is 3.50. The maximum absolute atomic E-state index is 9.28. The molecular weight excluding hydrogens is 330 g/mol. The Morgan fingerprint density at radius 3 is 2.93 bits per heavy atom. The largest absolute Gasteiger partial charge is 0.306 e. The van der Waals surface area contributed by atoms with Gasteiger partial charge in [0.15, 0.2) is 0 Å². The summed E-state index contributed by atoms with van der Waals surface area (Å²) in [4.78, 5) is 4.19. The maximum Gasteiger partial charge on any atom is 0.0991 e. The van der Waals surface area contributed by atoms with Crippen molar-refractivity contribution in [2.75, 3.05) is 0 Å². The fraction of sp³-hybridized carbons (Fsp3) is 0.250. The molecule has 0 atom stereocenters. The quantitative estimate of drug-likeness (QED) is 0.652. The molecule has 0 saturated heterocycles. The lowest BCUT2D eigenvalue weighted by Gasteiger charge is -2.16. The van der Waals surface area contributed by atoms with Crippen LogP contribution in [0, 0.1) is 11.3 Å². The van der Waals surface area contributed by atoms with Gasteiger partial charge in [-0.3, -0.25) is 0 Å². The molecule has 2 aromatic rings. The summed E-state index contributed by atoms with van der Waals surface area (Å²) in [7, 11) is 0. The van der Waals surface area contributed by atoms with Crippen LogP contribution < -0.4 is 0 Å². The Balaban J connectivity index is 2.19. The van der Waals surface area contributed by atoms with E-state index in [1.165, 1.54) is 16.7 Å². The zero-order valence-electron chi connectivity index (χ0n) is 16.0. The minimum absolute atomic E-state index is 0.699. The lowest BCUT2D eigenvalue weighted by Crippen LogP contribution is -1.97. The Hall–Kier alpha value is -3.12. The molecule has 1 aliphatic carbocycles. The monoisotopic (exact) mass is 355 g/mol. The standard InChI is InChI=1S/C24H25N3/c1-3-8-21-15-19(17-25)11-12-24(21)23-10-7-5-6-9-22(16-20(23)4-2)27-14-13-26-18-27/h3,6,8-9,11-16,18H,4-5,7,10H2,1-2H3/b8-3+,9-6+,22-16+,23-20+. The molecule has 3 nitrogen and oxygen atoms in total. The van der Waals surface area contributed by atoms with Gasteiger partial charge in [-0.2, -0.15) is 5.26 Å². The number of rotatable bonds is 4. The average Bonchev–Trinajstić information content (AvgIpc) is 3.24. The van der Waals surface area contributed by atoms with Gasteiger partial charge in [-0.1, -0.05) is 31.2 Å². The van der Waals surface area contributed by atoms with E-state index >= 15 is 0 Å². The number of allylic oxidation sites excluding steroid dienone is 7. The second kappa shape index (κ2) is 9.00. The number of benzene rings is 1. The summed E-state index contributed by atoms with van der Waals surface area (Å²) in [6, 6.07) is 8.27. The number of nitriles is 1. The van der Waals surface area contributed by atoms with E-state index in [1.54, 1.807) is 0 Å². The van der Waals surface area contributed by atoms with Gasteiger partial charge < -0.3 is 4.57 Å². The molecule has 0 fully saturated rings. The van der Waals surface area contributed by atoms with E-state index in [2.05, 4.69) is 52.9 Å². The molecule has 3 heteroatoms. The third-order valence-corrected chi connectivity index (χ3v) is 4.83. The Bertz CT molecular complexity index is 948. The van der Waals surface area contributed by atoms with Crippen molar-refractivity contribution in [3.8, 4) is 6.07 Å². The van der Waals surface area contributed by atoms with E-state index in [0.717, 1.165) is 36.9 Å². The molecule has 1 aliphatic rings. The minimum Gasteiger partial charge on any atom is -0.306 e. The van der Waals surface area contributed by atoms with Crippen molar-refractivity contribution in [1.82, 2.24) is 9.55 Å². The number of nitrogens with zero attached hydrogens (tertiary/aromatic N) is 3. The van der Waals surface area contributed by atoms with Gasteiger partial charge >= 0.3 is 0 Å². The number of hydrogen-bond acceptors (Lipinski definition) is 2. The summed E-state index contributed by atoms with van der Waals surface area (Å²) >= 11 is 0. The van der Waals surface area contributed by atoms with Crippen LogP contribution in [0.4, 0.5) is 0 Å².